The molecule has 8 heteroatoms. The smallest absolute Gasteiger partial charge is 0.330 e. The summed E-state index contributed by atoms with van der Waals surface area (Å²) in [6, 6.07) is 22.0. The van der Waals surface area contributed by atoms with Crippen molar-refractivity contribution in [1.29, 1.82) is 0 Å². The van der Waals surface area contributed by atoms with Crippen molar-refractivity contribution in [3.05, 3.63) is 96.1 Å². The molecule has 1 amide bonds. The molecule has 7 nitrogen and oxygen atoms in total. The quantitative estimate of drug-likeness (QED) is 0.229. The Morgan fingerprint density at radius 2 is 1.42 bits per heavy atom. The molecular formula is C30H32FN5O2. The first-order valence-corrected chi connectivity index (χ1v) is 12.8. The van der Waals surface area contributed by atoms with Crippen LogP contribution in [0.2, 0.25) is 0 Å². The molecule has 5 rings (SSSR count). The highest BCUT2D eigenvalue weighted by molar-refractivity contribution is 5.92. The van der Waals surface area contributed by atoms with Crippen molar-refractivity contribution < 1.29 is 14.3 Å². The number of rotatable bonds is 6. The molecule has 2 heterocycles. The molecule has 0 atom stereocenters. The first-order chi connectivity index (χ1) is 18.3. The lowest BCUT2D eigenvalue weighted by molar-refractivity contribution is 0.145. The third-order valence-electron chi connectivity index (χ3n) is 6.74. The van der Waals surface area contributed by atoms with Gasteiger partial charge in [-0.2, -0.15) is 0 Å². The van der Waals surface area contributed by atoms with E-state index in [1.165, 1.54) is 10.6 Å². The summed E-state index contributed by atoms with van der Waals surface area (Å²) in [6.45, 7) is 5.50. The van der Waals surface area contributed by atoms with Gasteiger partial charge in [-0.15, -0.1) is 0 Å². The van der Waals surface area contributed by atoms with Crippen molar-refractivity contribution in [2.24, 2.45) is 0 Å². The van der Waals surface area contributed by atoms with Crippen molar-refractivity contribution in [2.45, 2.75) is 32.8 Å². The molecule has 1 fully saturated rings. The molecule has 38 heavy (non-hydrogen) atoms. The zero-order valence-corrected chi connectivity index (χ0v) is 21.5. The van der Waals surface area contributed by atoms with Gasteiger partial charge in [0.05, 0.1) is 11.8 Å². The van der Waals surface area contributed by atoms with Crippen molar-refractivity contribution in [1.82, 2.24) is 4.57 Å². The largest absolute Gasteiger partial charge is 0.393 e. The summed E-state index contributed by atoms with van der Waals surface area (Å²) in [5.41, 5.74) is 6.28. The van der Waals surface area contributed by atoms with Crippen molar-refractivity contribution in [3.8, 4) is 0 Å². The van der Waals surface area contributed by atoms with Gasteiger partial charge in [-0.25, -0.2) is 9.18 Å². The molecular weight excluding hydrogens is 481 g/mol. The highest BCUT2D eigenvalue weighted by Gasteiger charge is 2.17. The van der Waals surface area contributed by atoms with Gasteiger partial charge in [0, 0.05) is 53.4 Å². The van der Waals surface area contributed by atoms with E-state index in [4.69, 9.17) is 0 Å². The molecule has 1 aliphatic rings. The van der Waals surface area contributed by atoms with Crippen molar-refractivity contribution in [3.63, 3.8) is 0 Å². The van der Waals surface area contributed by atoms with Gasteiger partial charge in [0.15, 0.2) is 0 Å². The maximum atomic E-state index is 14.8. The number of benzene rings is 3. The number of nitrogens with zero attached hydrogens (tertiary/aromatic N) is 2. The van der Waals surface area contributed by atoms with Crippen LogP contribution in [0.1, 0.15) is 24.1 Å². The number of carbonyl (C=O) groups excluding carboxylic acids is 1. The van der Waals surface area contributed by atoms with E-state index in [1.807, 2.05) is 56.3 Å². The minimum Gasteiger partial charge on any atom is -0.393 e. The van der Waals surface area contributed by atoms with Crippen LogP contribution in [-0.4, -0.2) is 34.9 Å². The molecule has 1 saturated heterocycles. The first kappa shape index (κ1) is 25.4. The van der Waals surface area contributed by atoms with Gasteiger partial charge in [0.1, 0.15) is 5.82 Å². The van der Waals surface area contributed by atoms with Crippen LogP contribution in [0.3, 0.4) is 0 Å². The number of aliphatic hydroxyl groups is 1. The van der Waals surface area contributed by atoms with E-state index in [2.05, 4.69) is 33.0 Å². The first-order valence-electron chi connectivity index (χ1n) is 12.8. The number of hydrogen-bond donors (Lipinski definition) is 4. The number of anilines is 6. The fourth-order valence-electron chi connectivity index (χ4n) is 4.68. The number of nitrogens with one attached hydrogen (secondary N) is 3. The predicted molar refractivity (Wildman–Crippen MR) is 152 cm³/mol. The number of carbonyl (C=O) groups is 1. The van der Waals surface area contributed by atoms with E-state index in [9.17, 15) is 14.3 Å². The van der Waals surface area contributed by atoms with Crippen molar-refractivity contribution >= 4 is 40.2 Å². The number of aromatic nitrogens is 1. The molecule has 0 aliphatic carbocycles. The number of piperidine rings is 1. The average molecular weight is 514 g/mol. The van der Waals surface area contributed by atoms with Gasteiger partial charge in [-0.1, -0.05) is 0 Å². The van der Waals surface area contributed by atoms with Crippen LogP contribution in [-0.2, 0) is 0 Å². The molecule has 0 bridgehead atoms. The fourth-order valence-corrected chi connectivity index (χ4v) is 4.68. The molecule has 1 aliphatic heterocycles. The molecule has 0 saturated carbocycles. The summed E-state index contributed by atoms with van der Waals surface area (Å²) >= 11 is 0. The monoisotopic (exact) mass is 513 g/mol. The predicted octanol–water partition coefficient (Wildman–Crippen LogP) is 6.77. The van der Waals surface area contributed by atoms with E-state index in [1.54, 1.807) is 18.3 Å². The number of halogens is 1. The van der Waals surface area contributed by atoms with Crippen LogP contribution < -0.4 is 20.9 Å². The van der Waals surface area contributed by atoms with Crippen LogP contribution in [0.25, 0.3) is 0 Å². The number of aliphatic hydroxyl groups excluding tert-OH is 1. The summed E-state index contributed by atoms with van der Waals surface area (Å²) in [5, 5.41) is 18.9. The molecule has 0 spiro atoms. The Hall–Kier alpha value is -4.30. The lowest BCUT2D eigenvalue weighted by atomic mass is 10.1. The van der Waals surface area contributed by atoms with Crippen LogP contribution in [0.4, 0.5) is 43.3 Å². The van der Waals surface area contributed by atoms with E-state index in [0.717, 1.165) is 59.9 Å². The van der Waals surface area contributed by atoms with Crippen LogP contribution in [0.15, 0.2) is 79.0 Å². The summed E-state index contributed by atoms with van der Waals surface area (Å²) in [5.74, 6) is -0.464. The third kappa shape index (κ3) is 5.98. The Labute approximate surface area is 221 Å². The lowest BCUT2D eigenvalue weighted by Gasteiger charge is -2.31. The van der Waals surface area contributed by atoms with E-state index >= 15 is 0 Å². The number of amides is 1. The summed E-state index contributed by atoms with van der Waals surface area (Å²) in [6.07, 6.45) is 3.17. The zero-order chi connectivity index (χ0) is 26.6. The molecule has 3 aromatic carbocycles. The van der Waals surface area contributed by atoms with Crippen LogP contribution >= 0.6 is 0 Å². The van der Waals surface area contributed by atoms with Gasteiger partial charge in [-0.3, -0.25) is 4.57 Å². The number of aryl methyl sites for hydroxylation is 2. The Balaban J connectivity index is 1.17. The van der Waals surface area contributed by atoms with Gasteiger partial charge >= 0.3 is 6.03 Å². The molecule has 0 radical (unpaired) electrons. The topological polar surface area (TPSA) is 81.6 Å². The van der Waals surface area contributed by atoms with Gasteiger partial charge < -0.3 is 26.0 Å². The van der Waals surface area contributed by atoms with E-state index < -0.39 is 5.82 Å². The second-order valence-electron chi connectivity index (χ2n) is 9.75. The average Bonchev–Trinajstić information content (AvgIpc) is 3.25. The second kappa shape index (κ2) is 11.0. The zero-order valence-electron chi connectivity index (χ0n) is 21.5. The summed E-state index contributed by atoms with van der Waals surface area (Å²) in [7, 11) is 0. The lowest BCUT2D eigenvalue weighted by Crippen LogP contribution is -2.35. The Morgan fingerprint density at radius 1 is 0.842 bits per heavy atom. The Morgan fingerprint density at radius 3 is 2.00 bits per heavy atom. The second-order valence-corrected chi connectivity index (χ2v) is 9.75. The molecule has 1 aromatic heterocycles. The SMILES string of the molecule is Cc1cc(C)n(C(=O)Nc2ccc(Nc3ccc(Nc4ccc(N5CCC(O)CC5)cc4)cc3)c(F)c2)c1. The standard InChI is InChI=1S/C30H32FN5O2/c1-20-17-21(2)36(19-20)30(38)34-25-9-12-29(28(31)18-25)33-24-5-3-22(4-6-24)32-23-7-10-26(11-8-23)35-15-13-27(37)14-16-35/h3-12,17-19,27,32-33,37H,13-16H2,1-2H3,(H,34,38). The third-order valence-corrected chi connectivity index (χ3v) is 6.74. The van der Waals surface area contributed by atoms with Crippen molar-refractivity contribution in [2.75, 3.05) is 33.9 Å². The number of hydrogen-bond acceptors (Lipinski definition) is 5. The maximum Gasteiger partial charge on any atom is 0.330 e. The van der Waals surface area contributed by atoms with Crippen LogP contribution in [0, 0.1) is 19.7 Å². The molecule has 4 N–H and O–H groups in total. The summed E-state index contributed by atoms with van der Waals surface area (Å²) in [4.78, 5) is 14.8. The van der Waals surface area contributed by atoms with Gasteiger partial charge in [0.25, 0.3) is 0 Å². The van der Waals surface area contributed by atoms with Gasteiger partial charge in [-0.05, 0) is 105 Å². The molecule has 0 unspecified atom stereocenters. The maximum absolute atomic E-state index is 14.8. The highest BCUT2D eigenvalue weighted by Crippen LogP contribution is 2.27. The Kier molecular flexibility index (Phi) is 7.33. The molecule has 4 aromatic rings. The summed E-state index contributed by atoms with van der Waals surface area (Å²) < 4.78 is 16.3. The molecule has 196 valence electrons. The normalized spacial score (nSPS) is 13.8. The van der Waals surface area contributed by atoms with E-state index in [0.29, 0.717) is 11.4 Å². The van der Waals surface area contributed by atoms with Gasteiger partial charge in [0.2, 0.25) is 0 Å². The minimum absolute atomic E-state index is 0.183. The van der Waals surface area contributed by atoms with Crippen LogP contribution in [0.5, 0.6) is 0 Å². The fraction of sp³-hybridized carbons (Fsp3) is 0.233. The Bertz CT molecular complexity index is 1410. The van der Waals surface area contributed by atoms with E-state index in [-0.39, 0.29) is 12.1 Å². The minimum atomic E-state index is -0.464. The highest BCUT2D eigenvalue weighted by atomic mass is 19.1.